The maximum Gasteiger partial charge on any atom is 0.245 e. The van der Waals surface area contributed by atoms with Gasteiger partial charge in [0.2, 0.25) is 11.8 Å². The Hall–Kier alpha value is -1.22. The van der Waals surface area contributed by atoms with Gasteiger partial charge in [0, 0.05) is 44.6 Å². The van der Waals surface area contributed by atoms with Crippen molar-refractivity contribution in [2.45, 2.75) is 115 Å². The summed E-state index contributed by atoms with van der Waals surface area (Å²) in [7, 11) is 4.24. The fourth-order valence-corrected chi connectivity index (χ4v) is 6.62. The number of carbonyl (C=O) groups excluding carboxylic acids is 2. The summed E-state index contributed by atoms with van der Waals surface area (Å²) in [6.45, 7) is 12.6. The minimum absolute atomic E-state index is 0.0128. The zero-order valence-electron chi connectivity index (χ0n) is 23.0. The van der Waals surface area contributed by atoms with Crippen molar-refractivity contribution in [1.82, 2.24) is 20.0 Å². The molecule has 0 aromatic rings. The minimum atomic E-state index is -0.566. The SMILES string of the molecule is CC(C)C[C@@H]1NCCN([C@@H](CC(C)C)C(=O)N2CCC3(C[C@@H]2C)O[C@H]2CC(N(C)C)C[C@H]2O3)C1=O. The quantitative estimate of drug-likeness (QED) is 0.589. The van der Waals surface area contributed by atoms with Gasteiger partial charge in [-0.1, -0.05) is 27.7 Å². The predicted octanol–water partition coefficient (Wildman–Crippen LogP) is 2.46. The topological polar surface area (TPSA) is 74.3 Å². The lowest BCUT2D eigenvalue weighted by atomic mass is 9.93. The van der Waals surface area contributed by atoms with Gasteiger partial charge in [0.1, 0.15) is 6.04 Å². The number of hydrogen-bond donors (Lipinski definition) is 1. The van der Waals surface area contributed by atoms with E-state index in [4.69, 9.17) is 9.47 Å². The zero-order chi connectivity index (χ0) is 25.5. The Morgan fingerprint density at radius 2 is 1.77 bits per heavy atom. The maximum absolute atomic E-state index is 14.0. The first-order valence-corrected chi connectivity index (χ1v) is 13.9. The predicted molar refractivity (Wildman–Crippen MR) is 136 cm³/mol. The summed E-state index contributed by atoms with van der Waals surface area (Å²) in [5, 5.41) is 3.38. The van der Waals surface area contributed by atoms with Gasteiger partial charge in [-0.3, -0.25) is 9.59 Å². The largest absolute Gasteiger partial charge is 0.344 e. The van der Waals surface area contributed by atoms with Crippen molar-refractivity contribution in [3.63, 3.8) is 0 Å². The van der Waals surface area contributed by atoms with Gasteiger partial charge < -0.3 is 29.5 Å². The molecule has 4 rings (SSSR count). The van der Waals surface area contributed by atoms with Gasteiger partial charge in [0.05, 0.1) is 18.2 Å². The first-order chi connectivity index (χ1) is 16.5. The van der Waals surface area contributed by atoms with E-state index >= 15 is 0 Å². The molecule has 8 heteroatoms. The highest BCUT2D eigenvalue weighted by atomic mass is 16.8. The monoisotopic (exact) mass is 492 g/mol. The third-order valence-electron chi connectivity index (χ3n) is 8.43. The number of ether oxygens (including phenoxy) is 2. The van der Waals surface area contributed by atoms with Crippen LogP contribution in [0, 0.1) is 11.8 Å². The Balaban J connectivity index is 1.42. The summed E-state index contributed by atoms with van der Waals surface area (Å²) in [6.07, 6.45) is 5.21. The van der Waals surface area contributed by atoms with Crippen LogP contribution < -0.4 is 5.32 Å². The number of amides is 2. The highest BCUT2D eigenvalue weighted by Gasteiger charge is 2.55. The van der Waals surface area contributed by atoms with E-state index in [1.165, 1.54) is 0 Å². The standard InChI is InChI=1S/C27H48N4O4/c1-17(2)12-21-25(32)31(11-9-28-21)22(13-18(3)4)26(33)30-10-8-27(16-19(30)5)34-23-14-20(29(6)7)15-24(23)35-27/h17-24,28H,8-16H2,1-7H3/t19-,20?,21-,22-,23-,24+,27?/m0/s1. The molecular weight excluding hydrogens is 444 g/mol. The van der Waals surface area contributed by atoms with Gasteiger partial charge >= 0.3 is 0 Å². The van der Waals surface area contributed by atoms with Crippen molar-refractivity contribution in [2.75, 3.05) is 33.7 Å². The lowest BCUT2D eigenvalue weighted by Crippen LogP contribution is -2.63. The lowest BCUT2D eigenvalue weighted by molar-refractivity contribution is -0.216. The number of piperidine rings is 1. The molecule has 35 heavy (non-hydrogen) atoms. The molecule has 2 unspecified atom stereocenters. The van der Waals surface area contributed by atoms with Crippen LogP contribution in [0.3, 0.4) is 0 Å². The van der Waals surface area contributed by atoms with Crippen LogP contribution in [0.2, 0.25) is 0 Å². The van der Waals surface area contributed by atoms with Crippen molar-refractivity contribution in [1.29, 1.82) is 0 Å². The fourth-order valence-electron chi connectivity index (χ4n) is 6.62. The summed E-state index contributed by atoms with van der Waals surface area (Å²) in [5.41, 5.74) is 0. The maximum atomic E-state index is 14.0. The minimum Gasteiger partial charge on any atom is -0.344 e. The summed E-state index contributed by atoms with van der Waals surface area (Å²) in [4.78, 5) is 33.5. The van der Waals surface area contributed by atoms with E-state index in [1.54, 1.807) is 0 Å². The molecule has 3 heterocycles. The Kier molecular flexibility index (Phi) is 8.16. The number of nitrogens with zero attached hydrogens (tertiary/aromatic N) is 3. The number of carbonyl (C=O) groups is 2. The van der Waals surface area contributed by atoms with Crippen LogP contribution >= 0.6 is 0 Å². The van der Waals surface area contributed by atoms with Crippen molar-refractivity contribution in [2.24, 2.45) is 11.8 Å². The van der Waals surface area contributed by atoms with Gasteiger partial charge in [-0.25, -0.2) is 0 Å². The molecule has 3 aliphatic heterocycles. The summed E-state index contributed by atoms with van der Waals surface area (Å²) < 4.78 is 13.1. The second-order valence-corrected chi connectivity index (χ2v) is 12.5. The molecule has 0 aromatic carbocycles. The summed E-state index contributed by atoms with van der Waals surface area (Å²) in [5.74, 6) is 0.352. The van der Waals surface area contributed by atoms with Gasteiger partial charge in [-0.05, 0) is 58.5 Å². The molecule has 0 aromatic heterocycles. The van der Waals surface area contributed by atoms with Gasteiger partial charge in [-0.2, -0.15) is 0 Å². The molecule has 8 nitrogen and oxygen atoms in total. The third kappa shape index (κ3) is 5.71. The Morgan fingerprint density at radius 1 is 1.11 bits per heavy atom. The molecule has 4 aliphatic rings. The van der Waals surface area contributed by atoms with E-state index in [1.807, 2.05) is 9.80 Å². The van der Waals surface area contributed by atoms with Crippen molar-refractivity contribution in [3.05, 3.63) is 0 Å². The molecule has 200 valence electrons. The third-order valence-corrected chi connectivity index (χ3v) is 8.43. The highest BCUT2D eigenvalue weighted by molar-refractivity contribution is 5.90. The molecule has 0 bridgehead atoms. The van der Waals surface area contributed by atoms with Crippen LogP contribution in [0.15, 0.2) is 0 Å². The molecular formula is C27H48N4O4. The smallest absolute Gasteiger partial charge is 0.245 e. The Bertz CT molecular complexity index is 758. The van der Waals surface area contributed by atoms with E-state index in [2.05, 4.69) is 58.9 Å². The fraction of sp³-hybridized carbons (Fsp3) is 0.926. The van der Waals surface area contributed by atoms with Crippen molar-refractivity contribution < 1.29 is 19.1 Å². The summed E-state index contributed by atoms with van der Waals surface area (Å²) >= 11 is 0. The number of fused-ring (bicyclic) bond motifs is 1. The van der Waals surface area contributed by atoms with Crippen molar-refractivity contribution >= 4 is 11.8 Å². The molecule has 1 saturated carbocycles. The van der Waals surface area contributed by atoms with Gasteiger partial charge in [0.25, 0.3) is 0 Å². The van der Waals surface area contributed by atoms with E-state index in [9.17, 15) is 9.59 Å². The Labute approximate surface area is 212 Å². The second kappa shape index (κ2) is 10.6. The van der Waals surface area contributed by atoms with E-state index in [0.29, 0.717) is 50.2 Å². The van der Waals surface area contributed by atoms with Crippen LogP contribution in [0.1, 0.15) is 73.1 Å². The van der Waals surface area contributed by atoms with Crippen LogP contribution in [-0.4, -0.2) is 102 Å². The van der Waals surface area contributed by atoms with Crippen LogP contribution in [-0.2, 0) is 19.1 Å². The Morgan fingerprint density at radius 3 is 2.31 bits per heavy atom. The molecule has 4 fully saturated rings. The molecule has 2 amide bonds. The normalized spacial score (nSPS) is 36.6. The van der Waals surface area contributed by atoms with Crippen LogP contribution in [0.5, 0.6) is 0 Å². The first kappa shape index (κ1) is 26.8. The molecule has 0 radical (unpaired) electrons. The van der Waals surface area contributed by atoms with Gasteiger partial charge in [0.15, 0.2) is 5.79 Å². The van der Waals surface area contributed by atoms with Gasteiger partial charge in [-0.15, -0.1) is 0 Å². The number of nitrogens with one attached hydrogen (secondary N) is 1. The first-order valence-electron chi connectivity index (χ1n) is 13.9. The second-order valence-electron chi connectivity index (χ2n) is 12.5. The zero-order valence-corrected chi connectivity index (χ0v) is 23.0. The molecule has 3 saturated heterocycles. The number of rotatable bonds is 7. The average Bonchev–Trinajstić information content (AvgIpc) is 3.29. The number of piperazine rings is 1. The molecule has 1 N–H and O–H groups in total. The van der Waals surface area contributed by atoms with Crippen LogP contribution in [0.4, 0.5) is 0 Å². The van der Waals surface area contributed by atoms with E-state index in [-0.39, 0.29) is 36.1 Å². The van der Waals surface area contributed by atoms with Crippen LogP contribution in [0.25, 0.3) is 0 Å². The van der Waals surface area contributed by atoms with E-state index in [0.717, 1.165) is 25.8 Å². The number of likely N-dealkylation sites (tertiary alicyclic amines) is 1. The average molecular weight is 493 g/mol. The van der Waals surface area contributed by atoms with E-state index < -0.39 is 11.8 Å². The lowest BCUT2D eigenvalue weighted by Gasteiger charge is -2.46. The molecule has 7 atom stereocenters. The molecule has 1 aliphatic carbocycles. The van der Waals surface area contributed by atoms with Crippen molar-refractivity contribution in [3.8, 4) is 0 Å². The molecule has 1 spiro atoms. The summed E-state index contributed by atoms with van der Waals surface area (Å²) in [6, 6.07) is -0.0754. The highest BCUT2D eigenvalue weighted by Crippen LogP contribution is 2.45. The number of hydrogen-bond acceptors (Lipinski definition) is 6.